The number of benzene rings is 3. The van der Waals surface area contributed by atoms with E-state index in [2.05, 4.69) is 10.6 Å². The molecule has 0 unspecified atom stereocenters. The second-order valence-electron chi connectivity index (χ2n) is 9.53. The van der Waals surface area contributed by atoms with Crippen molar-refractivity contribution in [1.29, 1.82) is 0 Å². The van der Waals surface area contributed by atoms with E-state index in [9.17, 15) is 24.0 Å². The van der Waals surface area contributed by atoms with Crippen LogP contribution in [0.15, 0.2) is 91.0 Å². The van der Waals surface area contributed by atoms with Gasteiger partial charge in [0.15, 0.2) is 0 Å². The minimum absolute atomic E-state index is 0.0353. The van der Waals surface area contributed by atoms with Gasteiger partial charge in [-0.15, -0.1) is 0 Å². The zero-order valence-corrected chi connectivity index (χ0v) is 23.5. The van der Waals surface area contributed by atoms with Gasteiger partial charge in [0.05, 0.1) is 0 Å². The third-order valence-electron chi connectivity index (χ3n) is 6.17. The first-order valence-corrected chi connectivity index (χ1v) is 13.7. The molecule has 0 heterocycles. The lowest BCUT2D eigenvalue weighted by Crippen LogP contribution is -2.52. The molecule has 3 aromatic carbocycles. The Kier molecular flexibility index (Phi) is 13.2. The molecular formula is C32H34N2O9. The summed E-state index contributed by atoms with van der Waals surface area (Å²) in [4.78, 5) is 62.4. The zero-order valence-electron chi connectivity index (χ0n) is 23.5. The summed E-state index contributed by atoms with van der Waals surface area (Å²) in [5.41, 5.74) is 2.20. The van der Waals surface area contributed by atoms with Crippen LogP contribution in [0.25, 0.3) is 0 Å². The monoisotopic (exact) mass is 590 g/mol. The van der Waals surface area contributed by atoms with Gasteiger partial charge in [0.1, 0.15) is 31.9 Å². The van der Waals surface area contributed by atoms with Crippen LogP contribution < -0.4 is 10.6 Å². The summed E-state index contributed by atoms with van der Waals surface area (Å²) in [6.45, 7) is -0.110. The highest BCUT2D eigenvalue weighted by molar-refractivity contribution is 5.90. The minimum Gasteiger partial charge on any atom is -0.481 e. The number of nitrogens with one attached hydrogen (secondary N) is 2. The van der Waals surface area contributed by atoms with Gasteiger partial charge in [-0.3, -0.25) is 14.4 Å². The molecule has 11 nitrogen and oxygen atoms in total. The van der Waals surface area contributed by atoms with Crippen LogP contribution in [0.2, 0.25) is 0 Å². The first-order chi connectivity index (χ1) is 20.8. The third-order valence-corrected chi connectivity index (χ3v) is 6.17. The molecule has 2 amide bonds. The van der Waals surface area contributed by atoms with E-state index in [0.29, 0.717) is 5.56 Å². The first kappa shape index (κ1) is 32.3. The second kappa shape index (κ2) is 17.6. The first-order valence-electron chi connectivity index (χ1n) is 13.7. The summed E-state index contributed by atoms with van der Waals surface area (Å²) in [6, 6.07) is 24.1. The number of aliphatic carboxylic acids is 1. The van der Waals surface area contributed by atoms with E-state index in [0.717, 1.165) is 11.1 Å². The van der Waals surface area contributed by atoms with E-state index in [1.807, 2.05) is 12.1 Å². The fourth-order valence-electron chi connectivity index (χ4n) is 3.87. The van der Waals surface area contributed by atoms with Gasteiger partial charge in [0.25, 0.3) is 0 Å². The van der Waals surface area contributed by atoms with E-state index in [1.54, 1.807) is 78.9 Å². The van der Waals surface area contributed by atoms with Gasteiger partial charge < -0.3 is 30.0 Å². The SMILES string of the molecule is O=C(O)CC[C@@H](NC(=O)[C@H](CCC(=O)OCc1ccccc1)NC(=O)OCc1ccccc1)C(=O)OCc1ccccc1. The van der Waals surface area contributed by atoms with Gasteiger partial charge in [-0.1, -0.05) is 91.0 Å². The summed E-state index contributed by atoms with van der Waals surface area (Å²) in [5, 5.41) is 14.1. The number of hydrogen-bond donors (Lipinski definition) is 3. The number of carboxylic acids is 1. The number of amides is 2. The Morgan fingerprint density at radius 2 is 1.05 bits per heavy atom. The molecule has 0 saturated carbocycles. The smallest absolute Gasteiger partial charge is 0.408 e. The molecule has 43 heavy (non-hydrogen) atoms. The minimum atomic E-state index is -1.32. The molecule has 0 aliphatic carbocycles. The predicted octanol–water partition coefficient (Wildman–Crippen LogP) is 3.90. The molecule has 3 rings (SSSR count). The highest BCUT2D eigenvalue weighted by Gasteiger charge is 2.29. The van der Waals surface area contributed by atoms with Gasteiger partial charge in [0, 0.05) is 12.8 Å². The van der Waals surface area contributed by atoms with Crippen molar-refractivity contribution in [2.75, 3.05) is 0 Å². The topological polar surface area (TPSA) is 157 Å². The summed E-state index contributed by atoms with van der Waals surface area (Å²) in [6.07, 6.45) is -2.00. The largest absolute Gasteiger partial charge is 0.481 e. The standard InChI is InChI=1S/C32H34N2O9/c35-28(36)18-16-27(31(39)42-21-24-12-6-2-7-13-24)33-30(38)26(34-32(40)43-22-25-14-8-3-9-15-25)17-19-29(37)41-20-23-10-4-1-5-11-23/h1-15,26-27H,16-22H2,(H,33,38)(H,34,40)(H,35,36)/t26-,27+/m0/s1. The van der Waals surface area contributed by atoms with Crippen molar-refractivity contribution in [2.24, 2.45) is 0 Å². The summed E-state index contributed by atoms with van der Waals surface area (Å²) in [5.74, 6) is -3.44. The molecule has 0 saturated heterocycles. The van der Waals surface area contributed by atoms with Crippen LogP contribution in [0.4, 0.5) is 4.79 Å². The number of hydrogen-bond acceptors (Lipinski definition) is 8. The Bertz CT molecular complexity index is 1330. The number of alkyl carbamates (subject to hydrolysis) is 1. The van der Waals surface area contributed by atoms with Crippen LogP contribution >= 0.6 is 0 Å². The average molecular weight is 591 g/mol. The molecule has 0 aromatic heterocycles. The summed E-state index contributed by atoms with van der Waals surface area (Å²) in [7, 11) is 0. The third kappa shape index (κ3) is 12.5. The highest BCUT2D eigenvalue weighted by atomic mass is 16.6. The Hall–Kier alpha value is -5.19. The van der Waals surface area contributed by atoms with Crippen molar-refractivity contribution in [1.82, 2.24) is 10.6 Å². The maximum atomic E-state index is 13.3. The second-order valence-corrected chi connectivity index (χ2v) is 9.53. The predicted molar refractivity (Wildman–Crippen MR) is 154 cm³/mol. The normalized spacial score (nSPS) is 11.8. The van der Waals surface area contributed by atoms with Gasteiger partial charge in [-0.2, -0.15) is 0 Å². The zero-order chi connectivity index (χ0) is 30.9. The van der Waals surface area contributed by atoms with E-state index < -0.39 is 48.4 Å². The molecular weight excluding hydrogens is 556 g/mol. The average Bonchev–Trinajstić information content (AvgIpc) is 3.03. The van der Waals surface area contributed by atoms with Gasteiger partial charge in [-0.25, -0.2) is 9.59 Å². The molecule has 0 radical (unpaired) electrons. The van der Waals surface area contributed by atoms with Crippen molar-refractivity contribution in [3.63, 3.8) is 0 Å². The molecule has 2 atom stereocenters. The highest BCUT2D eigenvalue weighted by Crippen LogP contribution is 2.09. The van der Waals surface area contributed by atoms with Crippen LogP contribution in [-0.2, 0) is 53.2 Å². The molecule has 3 N–H and O–H groups in total. The van der Waals surface area contributed by atoms with Gasteiger partial charge in [-0.05, 0) is 29.5 Å². The lowest BCUT2D eigenvalue weighted by Gasteiger charge is -2.22. The number of carbonyl (C=O) groups excluding carboxylic acids is 4. The molecule has 0 aliphatic heterocycles. The van der Waals surface area contributed by atoms with Gasteiger partial charge >= 0.3 is 24.0 Å². The lowest BCUT2D eigenvalue weighted by atomic mass is 10.1. The number of carbonyl (C=O) groups is 5. The molecule has 0 aliphatic rings. The van der Waals surface area contributed by atoms with Crippen LogP contribution in [-0.4, -0.2) is 47.1 Å². The van der Waals surface area contributed by atoms with Crippen molar-refractivity contribution < 1.29 is 43.3 Å². The number of esters is 2. The van der Waals surface area contributed by atoms with Crippen molar-refractivity contribution in [3.8, 4) is 0 Å². The van der Waals surface area contributed by atoms with Crippen LogP contribution in [0.1, 0.15) is 42.4 Å². The number of carboxylic acid groups (broad SMARTS) is 1. The van der Waals surface area contributed by atoms with E-state index in [4.69, 9.17) is 19.3 Å². The van der Waals surface area contributed by atoms with Gasteiger partial charge in [0.2, 0.25) is 5.91 Å². The molecule has 11 heteroatoms. The summed E-state index contributed by atoms with van der Waals surface area (Å²) < 4.78 is 15.8. The maximum Gasteiger partial charge on any atom is 0.408 e. The Labute approximate surface area is 249 Å². The Morgan fingerprint density at radius 1 is 0.581 bits per heavy atom. The number of ether oxygens (including phenoxy) is 3. The van der Waals surface area contributed by atoms with E-state index in [1.165, 1.54) is 0 Å². The molecule has 226 valence electrons. The Morgan fingerprint density at radius 3 is 1.56 bits per heavy atom. The number of rotatable bonds is 16. The van der Waals surface area contributed by atoms with Crippen molar-refractivity contribution in [3.05, 3.63) is 108 Å². The molecule has 0 bridgehead atoms. The fraction of sp³-hybridized carbons (Fsp3) is 0.281. The Balaban J connectivity index is 1.64. The quantitative estimate of drug-likeness (QED) is 0.166. The van der Waals surface area contributed by atoms with Crippen LogP contribution in [0.5, 0.6) is 0 Å². The van der Waals surface area contributed by atoms with Crippen molar-refractivity contribution in [2.45, 2.75) is 57.6 Å². The maximum absolute atomic E-state index is 13.3. The van der Waals surface area contributed by atoms with E-state index in [-0.39, 0.29) is 39.1 Å². The summed E-state index contributed by atoms with van der Waals surface area (Å²) >= 11 is 0. The van der Waals surface area contributed by atoms with Crippen LogP contribution in [0, 0.1) is 0 Å². The lowest BCUT2D eigenvalue weighted by molar-refractivity contribution is -0.150. The molecule has 3 aromatic rings. The fourth-order valence-corrected chi connectivity index (χ4v) is 3.87. The van der Waals surface area contributed by atoms with Crippen LogP contribution in [0.3, 0.4) is 0 Å². The van der Waals surface area contributed by atoms with Crippen molar-refractivity contribution >= 4 is 29.9 Å². The van der Waals surface area contributed by atoms with E-state index >= 15 is 0 Å². The molecule has 0 fully saturated rings. The molecule has 0 spiro atoms.